The first-order chi connectivity index (χ1) is 18.5. The first-order valence-electron chi connectivity index (χ1n) is 11.3. The smallest absolute Gasteiger partial charge is 0.240 e. The molecule has 4 aromatic rings. The SMILES string of the molecule is O=S(=O)(NCc1ccc(Cl)cc1)c1cccc(N(Cc2ccc(Cl)cc2)Cc2c(F)c(F)c(F)c(F)c2F)c1. The van der Waals surface area contributed by atoms with Gasteiger partial charge in [-0.25, -0.2) is 35.1 Å². The van der Waals surface area contributed by atoms with E-state index in [1.54, 1.807) is 48.5 Å². The van der Waals surface area contributed by atoms with Gasteiger partial charge in [-0.3, -0.25) is 0 Å². The molecule has 0 amide bonds. The molecule has 0 aromatic heterocycles. The number of rotatable bonds is 9. The molecule has 0 saturated heterocycles. The molecule has 0 fully saturated rings. The molecule has 0 aliphatic heterocycles. The van der Waals surface area contributed by atoms with E-state index in [0.29, 0.717) is 21.2 Å². The second kappa shape index (κ2) is 11.9. The molecule has 204 valence electrons. The Kier molecular flexibility index (Phi) is 8.80. The van der Waals surface area contributed by atoms with Gasteiger partial charge in [0, 0.05) is 40.9 Å². The number of nitrogens with one attached hydrogen (secondary N) is 1. The summed E-state index contributed by atoms with van der Waals surface area (Å²) >= 11 is 11.8. The molecule has 12 heteroatoms. The third-order valence-corrected chi connectivity index (χ3v) is 7.71. The van der Waals surface area contributed by atoms with Crippen LogP contribution in [0.4, 0.5) is 27.6 Å². The molecule has 0 radical (unpaired) electrons. The second-order valence-corrected chi connectivity index (χ2v) is 11.1. The average Bonchev–Trinajstić information content (AvgIpc) is 2.93. The number of halogens is 7. The lowest BCUT2D eigenvalue weighted by Gasteiger charge is -2.26. The van der Waals surface area contributed by atoms with Gasteiger partial charge in [0.1, 0.15) is 0 Å². The van der Waals surface area contributed by atoms with Crippen molar-refractivity contribution in [2.24, 2.45) is 0 Å². The minimum atomic E-state index is -4.06. The van der Waals surface area contributed by atoms with Crippen LogP contribution in [0.15, 0.2) is 77.7 Å². The zero-order valence-corrected chi connectivity index (χ0v) is 22.2. The van der Waals surface area contributed by atoms with Crippen LogP contribution in [0.2, 0.25) is 10.0 Å². The van der Waals surface area contributed by atoms with Crippen molar-refractivity contribution in [1.29, 1.82) is 0 Å². The number of hydrogen-bond donors (Lipinski definition) is 1. The molecule has 0 aliphatic rings. The summed E-state index contributed by atoms with van der Waals surface area (Å²) in [6.07, 6.45) is 0. The summed E-state index contributed by atoms with van der Waals surface area (Å²) in [5.41, 5.74) is 0.324. The quantitative estimate of drug-likeness (QED) is 0.124. The molecule has 0 heterocycles. The minimum absolute atomic E-state index is 0.0389. The Morgan fingerprint density at radius 1 is 0.667 bits per heavy atom. The lowest BCUT2D eigenvalue weighted by Crippen LogP contribution is -2.26. The molecule has 0 saturated carbocycles. The van der Waals surface area contributed by atoms with E-state index in [-0.39, 0.29) is 23.7 Å². The molecule has 0 aliphatic carbocycles. The zero-order chi connectivity index (χ0) is 28.3. The largest absolute Gasteiger partial charge is 0.363 e. The summed E-state index contributed by atoms with van der Waals surface area (Å²) in [5, 5.41) is 0.911. The summed E-state index contributed by atoms with van der Waals surface area (Å²) in [5.74, 6) is -10.4. The van der Waals surface area contributed by atoms with Gasteiger partial charge in [-0.15, -0.1) is 0 Å². The van der Waals surface area contributed by atoms with Gasteiger partial charge in [-0.05, 0) is 53.6 Å². The number of anilines is 1. The first-order valence-corrected chi connectivity index (χ1v) is 13.5. The molecule has 1 N–H and O–H groups in total. The van der Waals surface area contributed by atoms with Crippen molar-refractivity contribution in [3.05, 3.63) is 129 Å². The molecular formula is C27H19Cl2F5N2O2S. The Morgan fingerprint density at radius 3 is 1.74 bits per heavy atom. The van der Waals surface area contributed by atoms with Gasteiger partial charge in [0.25, 0.3) is 0 Å². The highest BCUT2D eigenvalue weighted by molar-refractivity contribution is 7.89. The van der Waals surface area contributed by atoms with Gasteiger partial charge in [0.05, 0.1) is 4.90 Å². The summed E-state index contributed by atoms with van der Waals surface area (Å²) in [4.78, 5) is 1.12. The number of hydrogen-bond acceptors (Lipinski definition) is 3. The standard InChI is InChI=1S/C27H19Cl2F5N2O2S/c28-18-8-4-16(5-9-18)13-35-39(37,38)21-3-1-2-20(12-21)36(14-17-6-10-19(29)11-7-17)15-22-23(30)25(32)27(34)26(33)24(22)31/h1-12,35H,13-15H2. The highest BCUT2D eigenvalue weighted by atomic mass is 35.5. The lowest BCUT2D eigenvalue weighted by molar-refractivity contribution is 0.369. The van der Waals surface area contributed by atoms with Crippen molar-refractivity contribution in [2.45, 2.75) is 24.5 Å². The topological polar surface area (TPSA) is 49.4 Å². The Morgan fingerprint density at radius 2 is 1.18 bits per heavy atom. The van der Waals surface area contributed by atoms with Gasteiger partial charge in [-0.2, -0.15) is 0 Å². The molecule has 4 aromatic carbocycles. The van der Waals surface area contributed by atoms with Crippen LogP contribution in [0, 0.1) is 29.1 Å². The second-order valence-electron chi connectivity index (χ2n) is 8.48. The molecule has 0 bridgehead atoms. The molecule has 0 spiro atoms. The molecular weight excluding hydrogens is 582 g/mol. The molecule has 0 unspecified atom stereocenters. The minimum Gasteiger partial charge on any atom is -0.363 e. The van der Waals surface area contributed by atoms with Crippen molar-refractivity contribution < 1.29 is 30.4 Å². The fourth-order valence-electron chi connectivity index (χ4n) is 3.74. The van der Waals surface area contributed by atoms with Crippen LogP contribution in [0.25, 0.3) is 0 Å². The third kappa shape index (κ3) is 6.70. The van der Waals surface area contributed by atoms with Gasteiger partial charge >= 0.3 is 0 Å². The van der Waals surface area contributed by atoms with Crippen LogP contribution in [0.5, 0.6) is 0 Å². The van der Waals surface area contributed by atoms with Crippen LogP contribution in [0.1, 0.15) is 16.7 Å². The molecule has 4 nitrogen and oxygen atoms in total. The van der Waals surface area contributed by atoms with Crippen molar-refractivity contribution in [2.75, 3.05) is 4.90 Å². The highest BCUT2D eigenvalue weighted by Crippen LogP contribution is 2.29. The van der Waals surface area contributed by atoms with Crippen molar-refractivity contribution in [3.8, 4) is 0 Å². The Labute approximate surface area is 231 Å². The summed E-state index contributed by atoms with van der Waals surface area (Å²) in [6.45, 7) is -0.864. The summed E-state index contributed by atoms with van der Waals surface area (Å²) in [6, 6.07) is 18.3. The van der Waals surface area contributed by atoms with E-state index in [1.807, 2.05) is 0 Å². The molecule has 4 rings (SSSR count). The zero-order valence-electron chi connectivity index (χ0n) is 19.9. The molecule has 0 atom stereocenters. The van der Waals surface area contributed by atoms with Gasteiger partial charge < -0.3 is 4.90 Å². The Hall–Kier alpha value is -3.18. The van der Waals surface area contributed by atoms with Crippen molar-refractivity contribution >= 4 is 38.9 Å². The average molecular weight is 601 g/mol. The van der Waals surface area contributed by atoms with E-state index < -0.39 is 51.2 Å². The Bertz CT molecular complexity index is 1570. The normalized spacial score (nSPS) is 11.6. The summed E-state index contributed by atoms with van der Waals surface area (Å²) in [7, 11) is -4.06. The van der Waals surface area contributed by atoms with Gasteiger partial charge in [0.15, 0.2) is 23.3 Å². The van der Waals surface area contributed by atoms with E-state index in [0.717, 1.165) is 0 Å². The van der Waals surface area contributed by atoms with E-state index in [2.05, 4.69) is 4.72 Å². The van der Waals surface area contributed by atoms with Crippen LogP contribution in [-0.4, -0.2) is 8.42 Å². The van der Waals surface area contributed by atoms with Crippen LogP contribution < -0.4 is 9.62 Å². The monoisotopic (exact) mass is 600 g/mol. The molecule has 39 heavy (non-hydrogen) atoms. The number of sulfonamides is 1. The fourth-order valence-corrected chi connectivity index (χ4v) is 5.05. The van der Waals surface area contributed by atoms with Gasteiger partial charge in [0.2, 0.25) is 15.8 Å². The van der Waals surface area contributed by atoms with Crippen molar-refractivity contribution in [1.82, 2.24) is 4.72 Å². The maximum absolute atomic E-state index is 14.5. The Balaban J connectivity index is 1.69. The van der Waals surface area contributed by atoms with E-state index in [1.165, 1.54) is 29.2 Å². The first kappa shape index (κ1) is 28.8. The van der Waals surface area contributed by atoms with Crippen LogP contribution in [0.3, 0.4) is 0 Å². The third-order valence-electron chi connectivity index (χ3n) is 5.81. The predicted octanol–water partition coefficient (Wildman–Crippen LogP) is 7.37. The lowest BCUT2D eigenvalue weighted by atomic mass is 10.1. The number of nitrogens with zero attached hydrogens (tertiary/aromatic N) is 1. The van der Waals surface area contributed by atoms with Crippen molar-refractivity contribution in [3.63, 3.8) is 0 Å². The van der Waals surface area contributed by atoms with E-state index in [4.69, 9.17) is 23.2 Å². The highest BCUT2D eigenvalue weighted by Gasteiger charge is 2.27. The van der Waals surface area contributed by atoms with Crippen LogP contribution >= 0.6 is 23.2 Å². The summed E-state index contributed by atoms with van der Waals surface area (Å²) < 4.78 is 99.0. The maximum Gasteiger partial charge on any atom is 0.240 e. The predicted molar refractivity (Wildman–Crippen MR) is 139 cm³/mol. The van der Waals surface area contributed by atoms with Gasteiger partial charge in [-0.1, -0.05) is 53.5 Å². The maximum atomic E-state index is 14.5. The fraction of sp³-hybridized carbons (Fsp3) is 0.111. The van der Waals surface area contributed by atoms with E-state index in [9.17, 15) is 30.4 Å². The van der Waals surface area contributed by atoms with E-state index >= 15 is 0 Å². The van der Waals surface area contributed by atoms with Crippen LogP contribution in [-0.2, 0) is 29.7 Å². The number of benzene rings is 4.